The van der Waals surface area contributed by atoms with Crippen molar-refractivity contribution in [3.05, 3.63) is 21.8 Å². The largest absolute Gasteiger partial charge is 2.00 e. The molecule has 0 aliphatic rings. The molecule has 0 bridgehead atoms. The van der Waals surface area contributed by atoms with E-state index in [1.54, 1.807) is 22.5 Å². The Bertz CT molecular complexity index is 371. The van der Waals surface area contributed by atoms with Crippen LogP contribution in [-0.2, 0) is 34.5 Å². The zero-order valence-corrected chi connectivity index (χ0v) is 8.84. The molecule has 0 aliphatic carbocycles. The van der Waals surface area contributed by atoms with E-state index in [2.05, 4.69) is 0 Å². The first-order chi connectivity index (χ1) is 5.30. The first kappa shape index (κ1) is 15.3. The van der Waals surface area contributed by atoms with Gasteiger partial charge in [0.1, 0.15) is 0 Å². The minimum atomic E-state index is -5.17. The molecule has 0 aliphatic heterocycles. The second kappa shape index (κ2) is 6.30. The van der Waals surface area contributed by atoms with Crippen LogP contribution in [0, 0.1) is 0 Å². The number of aryl methyl sites for hydroxylation is 1. The fourth-order valence-corrected chi connectivity index (χ4v) is 0.861. The summed E-state index contributed by atoms with van der Waals surface area (Å²) in [7, 11) is -3.42. The third kappa shape index (κ3) is 11.8. The van der Waals surface area contributed by atoms with Crippen molar-refractivity contribution in [2.45, 2.75) is 0 Å². The molecule has 0 spiro atoms. The van der Waals surface area contributed by atoms with Crippen LogP contribution in [0.1, 0.15) is 0 Å². The Kier molecular flexibility index (Phi) is 7.41. The van der Waals surface area contributed by atoms with Crippen molar-refractivity contribution in [1.82, 2.24) is 3.96 Å². The van der Waals surface area contributed by atoms with Crippen molar-refractivity contribution in [2.24, 2.45) is 7.05 Å². The van der Waals surface area contributed by atoms with Crippen LogP contribution < -0.4 is 5.56 Å². The van der Waals surface area contributed by atoms with Crippen LogP contribution in [0.5, 0.6) is 0 Å². The summed E-state index contributed by atoms with van der Waals surface area (Å²) in [5.41, 5.74) is 0.0741. The summed E-state index contributed by atoms with van der Waals surface area (Å²) in [5.74, 6) is 0. The first-order valence-electron chi connectivity index (χ1n) is 2.58. The van der Waals surface area contributed by atoms with Crippen LogP contribution >= 0.6 is 11.5 Å². The zero-order chi connectivity index (χ0) is 9.78. The van der Waals surface area contributed by atoms with Gasteiger partial charge in [0.15, 0.2) is 0 Å². The molecule has 1 aromatic rings. The quantitative estimate of drug-likeness (QED) is 0.347. The summed E-state index contributed by atoms with van der Waals surface area (Å²) >= 11 is 1.41. The summed E-state index contributed by atoms with van der Waals surface area (Å²) in [6.07, 6.45) is 0. The van der Waals surface area contributed by atoms with Gasteiger partial charge < -0.3 is 9.11 Å². The van der Waals surface area contributed by atoms with Crippen LogP contribution in [0.25, 0.3) is 0 Å². The molecule has 1 rings (SSSR count). The molecule has 13 heavy (non-hydrogen) atoms. The molecule has 0 saturated carbocycles. The minimum Gasteiger partial charge on any atom is -0.759 e. The molecular weight excluding hydrogens is 270 g/mol. The number of aromatic nitrogens is 1. The van der Waals surface area contributed by atoms with Gasteiger partial charge in [-0.3, -0.25) is 17.2 Å². The second-order valence-corrected chi connectivity index (χ2v) is 3.50. The van der Waals surface area contributed by atoms with Crippen LogP contribution in [-0.4, -0.2) is 21.5 Å². The molecule has 0 unspecified atom stereocenters. The van der Waals surface area contributed by atoms with Gasteiger partial charge in [0.2, 0.25) is 0 Å². The van der Waals surface area contributed by atoms with Crippen LogP contribution in [0.2, 0.25) is 0 Å². The molecule has 9 heteroatoms. The van der Waals surface area contributed by atoms with Gasteiger partial charge >= 0.3 is 17.1 Å². The Morgan fingerprint density at radius 1 is 1.46 bits per heavy atom. The standard InChI is InChI=1S/C4H5NOS.Cu.H2O4S/c1-5-4(6)2-3-7-5;;1-5(2,3)4/h2-3H,1H3;;(H2,1,2,3,4)/q;+2;/p-2. The van der Waals surface area contributed by atoms with Gasteiger partial charge in [-0.15, -0.1) is 0 Å². The van der Waals surface area contributed by atoms with Crippen molar-refractivity contribution in [2.75, 3.05) is 0 Å². The summed E-state index contributed by atoms with van der Waals surface area (Å²) in [6.45, 7) is 0. The fourth-order valence-electron chi connectivity index (χ4n) is 0.337. The third-order valence-corrected chi connectivity index (χ3v) is 1.49. The van der Waals surface area contributed by atoms with E-state index >= 15 is 0 Å². The van der Waals surface area contributed by atoms with E-state index in [4.69, 9.17) is 17.5 Å². The molecule has 1 heterocycles. The molecule has 0 atom stereocenters. The molecule has 0 N–H and O–H groups in total. The van der Waals surface area contributed by atoms with Crippen molar-refractivity contribution < 1.29 is 34.6 Å². The predicted molar refractivity (Wildman–Crippen MR) is 40.0 cm³/mol. The molecular formula is C4H5CuNO5S2. The van der Waals surface area contributed by atoms with Gasteiger partial charge in [-0.1, -0.05) is 11.5 Å². The van der Waals surface area contributed by atoms with Gasteiger partial charge in [-0.25, -0.2) is 0 Å². The van der Waals surface area contributed by atoms with Gasteiger partial charge in [-0.05, 0) is 0 Å². The second-order valence-electron chi connectivity index (χ2n) is 1.65. The Morgan fingerprint density at radius 2 is 1.85 bits per heavy atom. The van der Waals surface area contributed by atoms with E-state index in [-0.39, 0.29) is 22.6 Å². The van der Waals surface area contributed by atoms with E-state index < -0.39 is 10.4 Å². The predicted octanol–water partition coefficient (Wildman–Crippen LogP) is -0.894. The molecule has 1 aromatic heterocycles. The van der Waals surface area contributed by atoms with Gasteiger partial charge in [-0.2, -0.15) is 0 Å². The van der Waals surface area contributed by atoms with Crippen molar-refractivity contribution in [3.8, 4) is 0 Å². The van der Waals surface area contributed by atoms with E-state index in [0.717, 1.165) is 0 Å². The molecule has 0 amide bonds. The summed E-state index contributed by atoms with van der Waals surface area (Å²) < 4.78 is 35.7. The molecule has 0 fully saturated rings. The average molecular weight is 275 g/mol. The molecule has 0 aromatic carbocycles. The van der Waals surface area contributed by atoms with Crippen LogP contribution in [0.4, 0.5) is 0 Å². The van der Waals surface area contributed by atoms with Crippen LogP contribution in [0.3, 0.4) is 0 Å². The maximum atomic E-state index is 10.4. The Morgan fingerprint density at radius 3 is 1.92 bits per heavy atom. The summed E-state index contributed by atoms with van der Waals surface area (Å²) in [6, 6.07) is 1.55. The van der Waals surface area contributed by atoms with Gasteiger partial charge in [0.25, 0.3) is 5.56 Å². The van der Waals surface area contributed by atoms with Crippen molar-refractivity contribution >= 4 is 21.9 Å². The summed E-state index contributed by atoms with van der Waals surface area (Å²) in [5, 5.41) is 1.77. The number of nitrogens with zero attached hydrogens (tertiary/aromatic N) is 1. The van der Waals surface area contributed by atoms with Crippen molar-refractivity contribution in [1.29, 1.82) is 0 Å². The van der Waals surface area contributed by atoms with Crippen molar-refractivity contribution in [3.63, 3.8) is 0 Å². The number of rotatable bonds is 0. The van der Waals surface area contributed by atoms with Crippen LogP contribution in [0.15, 0.2) is 16.2 Å². The first-order valence-corrected chi connectivity index (χ1v) is 4.75. The van der Waals surface area contributed by atoms with E-state index in [9.17, 15) is 4.79 Å². The number of hydrogen-bond donors (Lipinski definition) is 0. The molecule has 1 radical (unpaired) electrons. The topological polar surface area (TPSA) is 102 Å². The molecule has 79 valence electrons. The fraction of sp³-hybridized carbons (Fsp3) is 0.250. The molecule has 6 nitrogen and oxygen atoms in total. The maximum Gasteiger partial charge on any atom is 2.00 e. The Hall–Kier alpha value is -0.181. The average Bonchev–Trinajstić information content (AvgIpc) is 2.12. The monoisotopic (exact) mass is 274 g/mol. The SMILES string of the molecule is Cn1sccc1=O.O=S(=O)([O-])[O-].[Cu+2]. The number of hydrogen-bond acceptors (Lipinski definition) is 6. The third-order valence-electron chi connectivity index (χ3n) is 0.740. The Balaban J connectivity index is 0. The van der Waals surface area contributed by atoms with Gasteiger partial charge in [0, 0.05) is 28.9 Å². The van der Waals surface area contributed by atoms with E-state index in [0.29, 0.717) is 0 Å². The minimum absolute atomic E-state index is 0. The smallest absolute Gasteiger partial charge is 0.759 e. The van der Waals surface area contributed by atoms with E-state index in [1.165, 1.54) is 11.5 Å². The zero-order valence-electron chi connectivity index (χ0n) is 6.26. The Labute approximate surface area is 89.4 Å². The maximum absolute atomic E-state index is 10.4. The summed E-state index contributed by atoms with van der Waals surface area (Å²) in [4.78, 5) is 10.4. The normalized spacial score (nSPS) is 9.46. The van der Waals surface area contributed by atoms with Gasteiger partial charge in [0.05, 0.1) is 0 Å². The molecule has 0 saturated heterocycles. The van der Waals surface area contributed by atoms with E-state index in [1.807, 2.05) is 0 Å².